The third-order valence-electron chi connectivity index (χ3n) is 5.73. The zero-order valence-corrected chi connectivity index (χ0v) is 18.3. The summed E-state index contributed by atoms with van der Waals surface area (Å²) in [4.78, 5) is 17.9. The van der Waals surface area contributed by atoms with Crippen LogP contribution >= 0.6 is 11.8 Å². The van der Waals surface area contributed by atoms with E-state index in [1.807, 2.05) is 35.0 Å². The number of rotatable bonds is 4. The van der Waals surface area contributed by atoms with Gasteiger partial charge in [0.25, 0.3) is 0 Å². The summed E-state index contributed by atoms with van der Waals surface area (Å²) in [5, 5.41) is 18.6. The fraction of sp³-hybridized carbons (Fsp3) is 0.292. The average Bonchev–Trinajstić information content (AvgIpc) is 3.14. The lowest BCUT2D eigenvalue weighted by Gasteiger charge is -2.38. The molecule has 5 rings (SSSR count). The van der Waals surface area contributed by atoms with Crippen LogP contribution in [-0.2, 0) is 10.5 Å². The molecule has 1 aliphatic heterocycles. The van der Waals surface area contributed by atoms with Crippen molar-refractivity contribution in [2.75, 3.05) is 5.32 Å². The SMILES string of the molecule is CC1(C)CC(=O)C2=C(C1)Nc1nc(SCc3ccccc3)nn1C2c1ccc(O)cc1. The Bertz CT molecular complexity index is 1170. The van der Waals surface area contributed by atoms with Crippen LogP contribution in [0.1, 0.15) is 43.9 Å². The van der Waals surface area contributed by atoms with E-state index in [4.69, 9.17) is 10.1 Å². The Morgan fingerprint density at radius 3 is 2.61 bits per heavy atom. The van der Waals surface area contributed by atoms with E-state index in [2.05, 4.69) is 31.3 Å². The van der Waals surface area contributed by atoms with E-state index in [0.29, 0.717) is 17.5 Å². The molecule has 7 heteroatoms. The van der Waals surface area contributed by atoms with Crippen LogP contribution in [0, 0.1) is 5.41 Å². The molecule has 0 saturated heterocycles. The number of nitrogens with one attached hydrogen (secondary N) is 1. The van der Waals surface area contributed by atoms with Gasteiger partial charge in [-0.25, -0.2) is 4.68 Å². The summed E-state index contributed by atoms with van der Waals surface area (Å²) < 4.78 is 1.81. The zero-order valence-electron chi connectivity index (χ0n) is 17.5. The van der Waals surface area contributed by atoms with E-state index in [1.54, 1.807) is 23.9 Å². The van der Waals surface area contributed by atoms with Gasteiger partial charge in [-0.2, -0.15) is 4.98 Å². The Labute approximate surface area is 185 Å². The molecule has 2 aromatic carbocycles. The maximum atomic E-state index is 13.2. The van der Waals surface area contributed by atoms with Crippen LogP contribution in [0.25, 0.3) is 0 Å². The molecule has 2 heterocycles. The standard InChI is InChI=1S/C24H24N4O2S/c1-24(2)12-18-20(19(30)13-24)21(16-8-10-17(29)11-9-16)28-22(25-18)26-23(27-28)31-14-15-6-4-3-5-7-15/h3-11,21,29H,12-14H2,1-2H3,(H,25,26,27). The number of phenols is 1. The van der Waals surface area contributed by atoms with Gasteiger partial charge in [0.1, 0.15) is 11.8 Å². The number of phenolic OH excluding ortho intramolecular Hbond substituents is 1. The highest BCUT2D eigenvalue weighted by atomic mass is 32.2. The monoisotopic (exact) mass is 432 g/mol. The van der Waals surface area contributed by atoms with E-state index in [-0.39, 0.29) is 23.0 Å². The van der Waals surface area contributed by atoms with Gasteiger partial charge in [0.05, 0.1) is 0 Å². The van der Waals surface area contributed by atoms with Crippen molar-refractivity contribution in [3.8, 4) is 5.75 Å². The van der Waals surface area contributed by atoms with Crippen molar-refractivity contribution >= 4 is 23.5 Å². The number of ketones is 1. The molecule has 0 radical (unpaired) electrons. The highest BCUT2D eigenvalue weighted by Crippen LogP contribution is 2.45. The topological polar surface area (TPSA) is 80.0 Å². The quantitative estimate of drug-likeness (QED) is 0.569. The number of benzene rings is 2. The molecular formula is C24H24N4O2S. The predicted molar refractivity (Wildman–Crippen MR) is 121 cm³/mol. The number of anilines is 1. The van der Waals surface area contributed by atoms with Crippen LogP contribution < -0.4 is 5.32 Å². The molecule has 2 aliphatic rings. The van der Waals surface area contributed by atoms with Gasteiger partial charge < -0.3 is 10.4 Å². The second kappa shape index (κ2) is 7.57. The molecule has 1 unspecified atom stereocenters. The molecule has 6 nitrogen and oxygen atoms in total. The minimum absolute atomic E-state index is 0.102. The van der Waals surface area contributed by atoms with Gasteiger partial charge in [0, 0.05) is 23.4 Å². The summed E-state index contributed by atoms with van der Waals surface area (Å²) in [5.74, 6) is 1.75. The first kappa shape index (κ1) is 19.9. The smallest absolute Gasteiger partial charge is 0.227 e. The number of hydrogen-bond acceptors (Lipinski definition) is 6. The molecule has 0 amide bonds. The molecule has 31 heavy (non-hydrogen) atoms. The van der Waals surface area contributed by atoms with E-state index < -0.39 is 0 Å². The summed E-state index contributed by atoms with van der Waals surface area (Å²) in [6, 6.07) is 16.9. The van der Waals surface area contributed by atoms with Gasteiger partial charge in [-0.3, -0.25) is 4.79 Å². The molecular weight excluding hydrogens is 408 g/mol. The summed E-state index contributed by atoms with van der Waals surface area (Å²) in [5.41, 5.74) is 3.69. The van der Waals surface area contributed by atoms with E-state index in [9.17, 15) is 9.90 Å². The van der Waals surface area contributed by atoms with Gasteiger partial charge in [0.15, 0.2) is 5.78 Å². The minimum Gasteiger partial charge on any atom is -0.508 e. The van der Waals surface area contributed by atoms with Crippen LogP contribution in [0.4, 0.5) is 5.95 Å². The van der Waals surface area contributed by atoms with Crippen LogP contribution in [0.5, 0.6) is 5.75 Å². The number of aromatic hydroxyl groups is 1. The lowest BCUT2D eigenvalue weighted by Crippen LogP contribution is -2.36. The Balaban J connectivity index is 1.54. The van der Waals surface area contributed by atoms with Gasteiger partial charge in [-0.05, 0) is 35.1 Å². The van der Waals surface area contributed by atoms with Gasteiger partial charge in [0.2, 0.25) is 11.1 Å². The van der Waals surface area contributed by atoms with Crippen molar-refractivity contribution in [2.45, 2.75) is 43.6 Å². The lowest BCUT2D eigenvalue weighted by molar-refractivity contribution is -0.118. The van der Waals surface area contributed by atoms with Crippen molar-refractivity contribution < 1.29 is 9.90 Å². The van der Waals surface area contributed by atoms with Crippen molar-refractivity contribution in [1.82, 2.24) is 14.8 Å². The van der Waals surface area contributed by atoms with Crippen molar-refractivity contribution in [1.29, 1.82) is 0 Å². The molecule has 0 spiro atoms. The Hall–Kier alpha value is -3.06. The van der Waals surface area contributed by atoms with Crippen LogP contribution in [0.2, 0.25) is 0 Å². The first-order valence-electron chi connectivity index (χ1n) is 10.4. The van der Waals surface area contributed by atoms with E-state index in [1.165, 1.54) is 5.56 Å². The first-order valence-corrected chi connectivity index (χ1v) is 11.3. The fourth-order valence-corrected chi connectivity index (χ4v) is 5.12. The third-order valence-corrected chi connectivity index (χ3v) is 6.64. The number of hydrogen-bond donors (Lipinski definition) is 2. The van der Waals surface area contributed by atoms with Gasteiger partial charge in [-0.15, -0.1) is 5.10 Å². The highest BCUT2D eigenvalue weighted by Gasteiger charge is 2.41. The summed E-state index contributed by atoms with van der Waals surface area (Å²) in [6.45, 7) is 4.23. The maximum absolute atomic E-state index is 13.2. The van der Waals surface area contributed by atoms with Crippen LogP contribution in [0.15, 0.2) is 71.0 Å². The normalized spacial score (nSPS) is 19.5. The van der Waals surface area contributed by atoms with E-state index in [0.717, 1.165) is 29.0 Å². The molecule has 2 N–H and O–H groups in total. The predicted octanol–water partition coefficient (Wildman–Crippen LogP) is 4.93. The van der Waals surface area contributed by atoms with Crippen LogP contribution in [-0.4, -0.2) is 25.7 Å². The number of allylic oxidation sites excluding steroid dienone is 2. The van der Waals surface area contributed by atoms with E-state index >= 15 is 0 Å². The number of carbonyl (C=O) groups excluding carboxylic acids is 1. The second-order valence-electron chi connectivity index (χ2n) is 8.89. The van der Waals surface area contributed by atoms with Crippen molar-refractivity contribution in [3.05, 3.63) is 77.0 Å². The van der Waals surface area contributed by atoms with Gasteiger partial charge in [-0.1, -0.05) is 68.1 Å². The molecule has 1 atom stereocenters. The Kier molecular flexibility index (Phi) is 4.85. The summed E-state index contributed by atoms with van der Waals surface area (Å²) in [7, 11) is 0. The summed E-state index contributed by atoms with van der Waals surface area (Å²) in [6.07, 6.45) is 1.28. The third kappa shape index (κ3) is 3.85. The number of thioether (sulfide) groups is 1. The largest absolute Gasteiger partial charge is 0.508 e. The lowest BCUT2D eigenvalue weighted by atomic mass is 9.73. The minimum atomic E-state index is -0.353. The highest BCUT2D eigenvalue weighted by molar-refractivity contribution is 7.98. The van der Waals surface area contributed by atoms with Crippen molar-refractivity contribution in [2.24, 2.45) is 5.41 Å². The summed E-state index contributed by atoms with van der Waals surface area (Å²) >= 11 is 1.57. The second-order valence-corrected chi connectivity index (χ2v) is 9.83. The van der Waals surface area contributed by atoms with Gasteiger partial charge >= 0.3 is 0 Å². The molecule has 158 valence electrons. The van der Waals surface area contributed by atoms with Crippen LogP contribution in [0.3, 0.4) is 0 Å². The number of fused-ring (bicyclic) bond motifs is 1. The molecule has 1 aliphatic carbocycles. The number of nitrogens with zero attached hydrogens (tertiary/aromatic N) is 3. The molecule has 0 bridgehead atoms. The molecule has 0 fully saturated rings. The molecule has 3 aromatic rings. The number of carbonyl (C=O) groups is 1. The Morgan fingerprint density at radius 2 is 1.87 bits per heavy atom. The van der Waals surface area contributed by atoms with Crippen molar-refractivity contribution in [3.63, 3.8) is 0 Å². The number of aromatic nitrogens is 3. The molecule has 1 aromatic heterocycles. The number of Topliss-reactive ketones (excluding diaryl/α,β-unsaturated/α-hetero) is 1. The fourth-order valence-electron chi connectivity index (χ4n) is 4.34. The molecule has 0 saturated carbocycles. The Morgan fingerprint density at radius 1 is 1.13 bits per heavy atom. The maximum Gasteiger partial charge on any atom is 0.227 e. The first-order chi connectivity index (χ1) is 14.9. The average molecular weight is 433 g/mol. The zero-order chi connectivity index (χ0) is 21.6.